The van der Waals surface area contributed by atoms with Crippen LogP contribution in [-0.2, 0) is 13.5 Å². The number of hydrogen-bond acceptors (Lipinski definition) is 5. The molecular weight excluding hydrogens is 406 g/mol. The van der Waals surface area contributed by atoms with Gasteiger partial charge in [0.1, 0.15) is 11.4 Å². The molecule has 0 spiro atoms. The molecule has 0 saturated carbocycles. The summed E-state index contributed by atoms with van der Waals surface area (Å²) in [5.41, 5.74) is 2.54. The van der Waals surface area contributed by atoms with Crippen molar-refractivity contribution in [2.75, 3.05) is 25.5 Å². The lowest BCUT2D eigenvalue weighted by molar-refractivity contribution is 0.0684. The number of carbonyl (C=O) groups is 2. The number of amides is 2. The van der Waals surface area contributed by atoms with E-state index < -0.39 is 0 Å². The normalized spacial score (nSPS) is 14.2. The summed E-state index contributed by atoms with van der Waals surface area (Å²) in [6.07, 6.45) is 5.84. The molecule has 2 amide bonds. The maximum atomic E-state index is 12.9. The molecule has 1 aliphatic rings. The van der Waals surface area contributed by atoms with Gasteiger partial charge in [0.05, 0.1) is 18.4 Å². The van der Waals surface area contributed by atoms with Crippen molar-refractivity contribution in [1.82, 2.24) is 19.7 Å². The molecule has 1 N–H and O–H groups in total. The topological polar surface area (TPSA) is 89.4 Å². The predicted octanol–water partition coefficient (Wildman–Crippen LogP) is 3.17. The highest BCUT2D eigenvalue weighted by molar-refractivity contribution is 6.05. The number of likely N-dealkylation sites (tertiary alicyclic amines) is 1. The third kappa shape index (κ3) is 4.96. The Hall–Kier alpha value is -3.68. The number of piperidine rings is 1. The van der Waals surface area contributed by atoms with Crippen molar-refractivity contribution < 1.29 is 14.3 Å². The molecule has 3 heterocycles. The molecule has 32 heavy (non-hydrogen) atoms. The summed E-state index contributed by atoms with van der Waals surface area (Å²) in [6.45, 7) is 1.36. The smallest absolute Gasteiger partial charge is 0.272 e. The second kappa shape index (κ2) is 9.64. The van der Waals surface area contributed by atoms with Gasteiger partial charge in [-0.2, -0.15) is 5.10 Å². The summed E-state index contributed by atoms with van der Waals surface area (Å²) >= 11 is 0. The molecule has 4 rings (SSSR count). The molecule has 0 radical (unpaired) electrons. The Morgan fingerprint density at radius 1 is 1.12 bits per heavy atom. The number of aromatic nitrogens is 3. The second-order valence-corrected chi connectivity index (χ2v) is 8.00. The summed E-state index contributed by atoms with van der Waals surface area (Å²) in [5, 5.41) is 7.47. The summed E-state index contributed by atoms with van der Waals surface area (Å²) in [4.78, 5) is 31.5. The highest BCUT2D eigenvalue weighted by atomic mass is 16.5. The average molecular weight is 434 g/mol. The Kier molecular flexibility index (Phi) is 6.49. The Morgan fingerprint density at radius 2 is 1.88 bits per heavy atom. The van der Waals surface area contributed by atoms with Crippen LogP contribution < -0.4 is 10.1 Å². The first kappa shape index (κ1) is 21.5. The van der Waals surface area contributed by atoms with Gasteiger partial charge in [-0.15, -0.1) is 0 Å². The van der Waals surface area contributed by atoms with Crippen LogP contribution >= 0.6 is 0 Å². The highest BCUT2D eigenvalue weighted by Gasteiger charge is 2.26. The maximum absolute atomic E-state index is 12.9. The molecule has 1 aliphatic heterocycles. The Morgan fingerprint density at radius 3 is 2.53 bits per heavy atom. The first-order chi connectivity index (χ1) is 15.5. The number of rotatable bonds is 6. The lowest BCUT2D eigenvalue weighted by Gasteiger charge is -2.31. The SMILES string of the molecule is COc1ccc(NC(=O)c2cn(C)nc2CC2CCN(C(=O)c3ccccn3)CC2)cc1. The fourth-order valence-corrected chi connectivity index (χ4v) is 4.01. The molecule has 0 aliphatic carbocycles. The molecule has 8 heteroatoms. The van der Waals surface area contributed by atoms with Crippen LogP contribution in [0.5, 0.6) is 5.75 Å². The molecule has 1 fully saturated rings. The number of hydrogen-bond donors (Lipinski definition) is 1. The van der Waals surface area contributed by atoms with Gasteiger partial charge >= 0.3 is 0 Å². The number of carbonyl (C=O) groups excluding carboxylic acids is 2. The van der Waals surface area contributed by atoms with E-state index in [0.717, 1.165) is 24.3 Å². The van der Waals surface area contributed by atoms with Gasteiger partial charge in [0, 0.05) is 38.2 Å². The largest absolute Gasteiger partial charge is 0.497 e. The summed E-state index contributed by atoms with van der Waals surface area (Å²) in [5.74, 6) is 0.894. The fraction of sp³-hybridized carbons (Fsp3) is 0.333. The van der Waals surface area contributed by atoms with Crippen molar-refractivity contribution in [2.24, 2.45) is 13.0 Å². The van der Waals surface area contributed by atoms with E-state index >= 15 is 0 Å². The van der Waals surface area contributed by atoms with Crippen molar-refractivity contribution in [3.05, 3.63) is 71.8 Å². The van der Waals surface area contributed by atoms with Gasteiger partial charge in [-0.25, -0.2) is 0 Å². The van der Waals surface area contributed by atoms with Gasteiger partial charge < -0.3 is 15.0 Å². The van der Waals surface area contributed by atoms with E-state index in [2.05, 4.69) is 15.4 Å². The zero-order valence-electron chi connectivity index (χ0n) is 18.3. The maximum Gasteiger partial charge on any atom is 0.272 e. The molecule has 1 saturated heterocycles. The molecule has 3 aromatic rings. The van der Waals surface area contributed by atoms with E-state index in [1.54, 1.807) is 60.6 Å². The van der Waals surface area contributed by atoms with Crippen LogP contribution in [0.4, 0.5) is 5.69 Å². The Bertz CT molecular complexity index is 1070. The quantitative estimate of drug-likeness (QED) is 0.645. The monoisotopic (exact) mass is 433 g/mol. The van der Waals surface area contributed by atoms with Gasteiger partial charge in [-0.3, -0.25) is 19.3 Å². The zero-order chi connectivity index (χ0) is 22.5. The average Bonchev–Trinajstić information content (AvgIpc) is 3.20. The minimum absolute atomic E-state index is 0.0264. The number of nitrogens with zero attached hydrogens (tertiary/aromatic N) is 4. The molecule has 0 unspecified atom stereocenters. The van der Waals surface area contributed by atoms with Crippen LogP contribution in [0.3, 0.4) is 0 Å². The minimum Gasteiger partial charge on any atom is -0.497 e. The first-order valence-electron chi connectivity index (χ1n) is 10.7. The highest BCUT2D eigenvalue weighted by Crippen LogP contribution is 2.24. The number of methoxy groups -OCH3 is 1. The van der Waals surface area contributed by atoms with E-state index in [-0.39, 0.29) is 11.8 Å². The standard InChI is InChI=1S/C24H27N5O3/c1-28-16-20(23(30)26-18-6-8-19(32-2)9-7-18)22(27-28)15-17-10-13-29(14-11-17)24(31)21-5-3-4-12-25-21/h3-9,12,16-17H,10-11,13-15H2,1-2H3,(H,26,30). The molecule has 2 aromatic heterocycles. The van der Waals surface area contributed by atoms with E-state index in [0.29, 0.717) is 42.4 Å². The zero-order valence-corrected chi connectivity index (χ0v) is 18.3. The lowest BCUT2D eigenvalue weighted by Crippen LogP contribution is -2.39. The minimum atomic E-state index is -0.180. The molecule has 0 bridgehead atoms. The van der Waals surface area contributed by atoms with Gasteiger partial charge in [0.15, 0.2) is 0 Å². The van der Waals surface area contributed by atoms with Crippen LogP contribution in [0.15, 0.2) is 54.9 Å². The number of nitrogens with one attached hydrogen (secondary N) is 1. The van der Waals surface area contributed by atoms with Crippen molar-refractivity contribution in [1.29, 1.82) is 0 Å². The number of aryl methyl sites for hydroxylation is 1. The molecule has 166 valence electrons. The van der Waals surface area contributed by atoms with Gasteiger partial charge in [0.25, 0.3) is 11.8 Å². The van der Waals surface area contributed by atoms with Crippen molar-refractivity contribution in [3.63, 3.8) is 0 Å². The Labute approximate surface area is 187 Å². The third-order valence-electron chi connectivity index (χ3n) is 5.77. The number of ether oxygens (including phenoxy) is 1. The molecule has 8 nitrogen and oxygen atoms in total. The van der Waals surface area contributed by atoms with Crippen molar-refractivity contribution in [3.8, 4) is 5.75 Å². The van der Waals surface area contributed by atoms with Crippen molar-refractivity contribution in [2.45, 2.75) is 19.3 Å². The fourth-order valence-electron chi connectivity index (χ4n) is 4.01. The van der Waals surface area contributed by atoms with Gasteiger partial charge in [0.2, 0.25) is 0 Å². The first-order valence-corrected chi connectivity index (χ1v) is 10.7. The number of benzene rings is 1. The number of anilines is 1. The Balaban J connectivity index is 1.37. The van der Waals surface area contributed by atoms with E-state index in [1.165, 1.54) is 0 Å². The summed E-state index contributed by atoms with van der Waals surface area (Å²) in [6, 6.07) is 12.6. The third-order valence-corrected chi connectivity index (χ3v) is 5.77. The van der Waals surface area contributed by atoms with E-state index in [9.17, 15) is 9.59 Å². The van der Waals surface area contributed by atoms with Crippen LogP contribution in [0, 0.1) is 5.92 Å². The summed E-state index contributed by atoms with van der Waals surface area (Å²) in [7, 11) is 3.43. The molecule has 0 atom stereocenters. The van der Waals surface area contributed by atoms with Crippen LogP contribution in [0.25, 0.3) is 0 Å². The van der Waals surface area contributed by atoms with Crippen molar-refractivity contribution >= 4 is 17.5 Å². The van der Waals surface area contributed by atoms with E-state index in [1.807, 2.05) is 18.0 Å². The van der Waals surface area contributed by atoms with E-state index in [4.69, 9.17) is 4.74 Å². The van der Waals surface area contributed by atoms with Gasteiger partial charge in [-0.05, 0) is 61.6 Å². The van der Waals surface area contributed by atoms with Crippen LogP contribution in [0.1, 0.15) is 39.4 Å². The predicted molar refractivity (Wildman–Crippen MR) is 121 cm³/mol. The number of pyridine rings is 1. The summed E-state index contributed by atoms with van der Waals surface area (Å²) < 4.78 is 6.84. The van der Waals surface area contributed by atoms with Gasteiger partial charge in [-0.1, -0.05) is 6.07 Å². The molecular formula is C24H27N5O3. The van der Waals surface area contributed by atoms with Crippen LogP contribution in [0.2, 0.25) is 0 Å². The molecule has 1 aromatic carbocycles. The second-order valence-electron chi connectivity index (χ2n) is 8.00. The lowest BCUT2D eigenvalue weighted by atomic mass is 9.91. The van der Waals surface area contributed by atoms with Crippen LogP contribution in [-0.4, -0.2) is 51.7 Å².